The van der Waals surface area contributed by atoms with E-state index in [1.54, 1.807) is 13.8 Å². The van der Waals surface area contributed by atoms with Crippen molar-refractivity contribution in [3.63, 3.8) is 0 Å². The van der Waals surface area contributed by atoms with Crippen molar-refractivity contribution in [1.29, 1.82) is 0 Å². The van der Waals surface area contributed by atoms with E-state index in [-0.39, 0.29) is 18.3 Å². The Kier molecular flexibility index (Phi) is 4.97. The van der Waals surface area contributed by atoms with Gasteiger partial charge in [0, 0.05) is 6.04 Å². The predicted octanol–water partition coefficient (Wildman–Crippen LogP) is 3.23. The van der Waals surface area contributed by atoms with Crippen molar-refractivity contribution in [2.24, 2.45) is 0 Å². The predicted molar refractivity (Wildman–Crippen MR) is 65.9 cm³/mol. The minimum atomic E-state index is -4.61. The van der Waals surface area contributed by atoms with E-state index in [4.69, 9.17) is 0 Å². The Bertz CT molecular complexity index is 486. The summed E-state index contributed by atoms with van der Waals surface area (Å²) in [5.41, 5.74) is -1.14. The number of carbonyl (C=O) groups is 1. The van der Waals surface area contributed by atoms with E-state index in [1.807, 2.05) is 0 Å². The van der Waals surface area contributed by atoms with Crippen molar-refractivity contribution < 1.29 is 27.1 Å². The third-order valence-corrected chi connectivity index (χ3v) is 2.73. The van der Waals surface area contributed by atoms with Crippen molar-refractivity contribution >= 4 is 11.7 Å². The van der Waals surface area contributed by atoms with Crippen LogP contribution in [0.4, 0.5) is 23.2 Å². The number of ether oxygens (including phenoxy) is 1. The fraction of sp³-hybridized carbons (Fsp3) is 0.462. The van der Waals surface area contributed by atoms with Gasteiger partial charge in [-0.05, 0) is 32.0 Å². The molecule has 1 aromatic carbocycles. The first-order chi connectivity index (χ1) is 9.16. The number of alkyl halides is 3. The summed E-state index contributed by atoms with van der Waals surface area (Å²) in [5.74, 6) is -1.63. The molecule has 0 spiro atoms. The zero-order valence-corrected chi connectivity index (χ0v) is 11.3. The summed E-state index contributed by atoms with van der Waals surface area (Å²) >= 11 is 0. The second kappa shape index (κ2) is 6.11. The molecule has 0 fully saturated rings. The van der Waals surface area contributed by atoms with Crippen LogP contribution >= 0.6 is 0 Å². The molecule has 0 heterocycles. The fourth-order valence-corrected chi connectivity index (χ4v) is 1.67. The lowest BCUT2D eigenvalue weighted by molar-refractivity contribution is -0.139. The number of rotatable bonds is 4. The van der Waals surface area contributed by atoms with E-state index in [0.717, 1.165) is 12.1 Å². The van der Waals surface area contributed by atoms with E-state index in [1.165, 1.54) is 12.0 Å². The van der Waals surface area contributed by atoms with Crippen molar-refractivity contribution in [3.05, 3.63) is 29.6 Å². The highest BCUT2D eigenvalue weighted by Gasteiger charge is 2.32. The highest BCUT2D eigenvalue weighted by atomic mass is 19.4. The number of carbonyl (C=O) groups excluding carboxylic acids is 1. The number of nitrogens with zero attached hydrogens (tertiary/aromatic N) is 1. The first kappa shape index (κ1) is 16.3. The first-order valence-electron chi connectivity index (χ1n) is 5.87. The van der Waals surface area contributed by atoms with Gasteiger partial charge >= 0.3 is 12.1 Å². The Morgan fingerprint density at radius 3 is 2.35 bits per heavy atom. The number of hydrogen-bond donors (Lipinski definition) is 0. The molecular weight excluding hydrogens is 278 g/mol. The van der Waals surface area contributed by atoms with Gasteiger partial charge in [-0.2, -0.15) is 13.2 Å². The highest BCUT2D eigenvalue weighted by molar-refractivity contribution is 5.76. The molecule has 0 unspecified atom stereocenters. The topological polar surface area (TPSA) is 29.5 Å². The lowest BCUT2D eigenvalue weighted by Gasteiger charge is -2.28. The van der Waals surface area contributed by atoms with Gasteiger partial charge in [-0.25, -0.2) is 4.39 Å². The Hall–Kier alpha value is -1.79. The van der Waals surface area contributed by atoms with Crippen LogP contribution in [0.15, 0.2) is 18.2 Å². The number of methoxy groups -OCH3 is 1. The number of anilines is 1. The Morgan fingerprint density at radius 2 is 1.95 bits per heavy atom. The third kappa shape index (κ3) is 3.85. The smallest absolute Gasteiger partial charge is 0.416 e. The molecule has 0 amide bonds. The van der Waals surface area contributed by atoms with Gasteiger partial charge in [0.05, 0.1) is 18.4 Å². The third-order valence-electron chi connectivity index (χ3n) is 2.73. The molecule has 1 rings (SSSR count). The molecule has 0 saturated carbocycles. The van der Waals surface area contributed by atoms with Gasteiger partial charge in [0.25, 0.3) is 0 Å². The Labute approximate surface area is 114 Å². The van der Waals surface area contributed by atoms with E-state index < -0.39 is 23.5 Å². The van der Waals surface area contributed by atoms with Crippen LogP contribution in [0.25, 0.3) is 0 Å². The van der Waals surface area contributed by atoms with Gasteiger partial charge in [-0.1, -0.05) is 0 Å². The molecule has 0 saturated heterocycles. The van der Waals surface area contributed by atoms with Crippen molar-refractivity contribution in [1.82, 2.24) is 0 Å². The van der Waals surface area contributed by atoms with Gasteiger partial charge in [0.1, 0.15) is 12.4 Å². The Morgan fingerprint density at radius 1 is 1.35 bits per heavy atom. The molecular formula is C13H15F4NO2. The van der Waals surface area contributed by atoms with Crippen LogP contribution in [0.1, 0.15) is 19.4 Å². The molecule has 0 radical (unpaired) electrons. The normalized spacial score (nSPS) is 11.6. The van der Waals surface area contributed by atoms with Crippen LogP contribution in [0.2, 0.25) is 0 Å². The van der Waals surface area contributed by atoms with Crippen molar-refractivity contribution in [2.45, 2.75) is 26.1 Å². The van der Waals surface area contributed by atoms with Crippen LogP contribution in [0.5, 0.6) is 0 Å². The summed E-state index contributed by atoms with van der Waals surface area (Å²) in [4.78, 5) is 12.6. The summed E-state index contributed by atoms with van der Waals surface area (Å²) in [5, 5.41) is 0. The lowest BCUT2D eigenvalue weighted by atomic mass is 10.1. The minimum Gasteiger partial charge on any atom is -0.468 e. The maximum atomic E-state index is 13.9. The van der Waals surface area contributed by atoms with E-state index >= 15 is 0 Å². The number of hydrogen-bond acceptors (Lipinski definition) is 3. The summed E-state index contributed by atoms with van der Waals surface area (Å²) in [6.07, 6.45) is -4.61. The largest absolute Gasteiger partial charge is 0.468 e. The lowest BCUT2D eigenvalue weighted by Crippen LogP contribution is -2.36. The molecule has 0 aliphatic carbocycles. The molecule has 1 aromatic rings. The quantitative estimate of drug-likeness (QED) is 0.630. The number of esters is 1. The summed E-state index contributed by atoms with van der Waals surface area (Å²) in [7, 11) is 1.18. The molecule has 0 aliphatic heterocycles. The second-order valence-corrected chi connectivity index (χ2v) is 4.46. The molecule has 0 bridgehead atoms. The average Bonchev–Trinajstić information content (AvgIpc) is 2.34. The van der Waals surface area contributed by atoms with Crippen LogP contribution in [0.3, 0.4) is 0 Å². The molecule has 7 heteroatoms. The zero-order chi connectivity index (χ0) is 15.5. The molecule has 0 aromatic heterocycles. The Balaban J connectivity index is 3.12. The maximum absolute atomic E-state index is 13.9. The second-order valence-electron chi connectivity index (χ2n) is 4.46. The minimum absolute atomic E-state index is 0.0709. The monoisotopic (exact) mass is 293 g/mol. The van der Waals surface area contributed by atoms with E-state index in [2.05, 4.69) is 4.74 Å². The van der Waals surface area contributed by atoms with Crippen LogP contribution in [0, 0.1) is 5.82 Å². The SMILES string of the molecule is COC(=O)CN(c1ccc(C(F)(F)F)cc1F)C(C)C. The molecule has 3 nitrogen and oxygen atoms in total. The summed E-state index contributed by atoms with van der Waals surface area (Å²) in [6, 6.07) is 1.94. The van der Waals surface area contributed by atoms with Gasteiger partial charge < -0.3 is 9.64 Å². The van der Waals surface area contributed by atoms with Gasteiger partial charge in [-0.15, -0.1) is 0 Å². The molecule has 0 N–H and O–H groups in total. The fourth-order valence-electron chi connectivity index (χ4n) is 1.67. The zero-order valence-electron chi connectivity index (χ0n) is 11.3. The molecule has 0 aliphatic rings. The van der Waals surface area contributed by atoms with Gasteiger partial charge in [0.15, 0.2) is 0 Å². The van der Waals surface area contributed by atoms with Gasteiger partial charge in [-0.3, -0.25) is 4.79 Å². The summed E-state index contributed by atoms with van der Waals surface area (Å²) < 4.78 is 55.7. The standard InChI is InChI=1S/C13H15F4NO2/c1-8(2)18(7-12(19)20-3)11-5-4-9(6-10(11)14)13(15,16)17/h4-6,8H,7H2,1-3H3. The van der Waals surface area contributed by atoms with E-state index in [0.29, 0.717) is 6.07 Å². The first-order valence-corrected chi connectivity index (χ1v) is 5.87. The van der Waals surface area contributed by atoms with Crippen LogP contribution < -0.4 is 4.90 Å². The van der Waals surface area contributed by atoms with Crippen LogP contribution in [-0.2, 0) is 15.7 Å². The number of halogens is 4. The number of benzene rings is 1. The molecule has 0 atom stereocenters. The van der Waals surface area contributed by atoms with Crippen molar-refractivity contribution in [3.8, 4) is 0 Å². The highest BCUT2D eigenvalue weighted by Crippen LogP contribution is 2.32. The van der Waals surface area contributed by atoms with Crippen LogP contribution in [-0.4, -0.2) is 25.7 Å². The molecule has 20 heavy (non-hydrogen) atoms. The maximum Gasteiger partial charge on any atom is 0.416 e. The van der Waals surface area contributed by atoms with Crippen molar-refractivity contribution in [2.75, 3.05) is 18.6 Å². The van der Waals surface area contributed by atoms with Gasteiger partial charge in [0.2, 0.25) is 0 Å². The molecule has 112 valence electrons. The summed E-state index contributed by atoms with van der Waals surface area (Å²) in [6.45, 7) is 3.15. The van der Waals surface area contributed by atoms with E-state index in [9.17, 15) is 22.4 Å². The average molecular weight is 293 g/mol.